The molecule has 3 amide bonds. The summed E-state index contributed by atoms with van der Waals surface area (Å²) in [4.78, 5) is 37.3. The highest BCUT2D eigenvalue weighted by Gasteiger charge is 2.34. The molecule has 5 nitrogen and oxygen atoms in total. The number of halogens is 4. The lowest BCUT2D eigenvalue weighted by Crippen LogP contribution is -2.39. The number of unbranched alkanes of at least 4 members (excludes halogenated alkanes) is 2. The maximum Gasteiger partial charge on any atom is 0.261 e. The van der Waals surface area contributed by atoms with Gasteiger partial charge in [-0.25, -0.2) is 0 Å². The molecule has 1 N–H and O–H groups in total. The Labute approximate surface area is 165 Å². The molecule has 0 aliphatic carbocycles. The van der Waals surface area contributed by atoms with Crippen molar-refractivity contribution in [3.63, 3.8) is 0 Å². The van der Waals surface area contributed by atoms with Gasteiger partial charge in [0.15, 0.2) is 5.50 Å². The summed E-state index contributed by atoms with van der Waals surface area (Å²) in [6.07, 6.45) is 2.06. The van der Waals surface area contributed by atoms with E-state index in [1.165, 1.54) is 4.90 Å². The quantitative estimate of drug-likeness (QED) is 0.312. The van der Waals surface area contributed by atoms with Gasteiger partial charge >= 0.3 is 0 Å². The third kappa shape index (κ3) is 5.23. The number of benzene rings is 1. The number of alkyl halides is 4. The Morgan fingerprint density at radius 1 is 1.04 bits per heavy atom. The van der Waals surface area contributed by atoms with Crippen molar-refractivity contribution in [2.24, 2.45) is 0 Å². The van der Waals surface area contributed by atoms with Gasteiger partial charge in [0.1, 0.15) is 0 Å². The van der Waals surface area contributed by atoms with Gasteiger partial charge in [-0.1, -0.05) is 65.0 Å². The number of imide groups is 1. The van der Waals surface area contributed by atoms with E-state index < -0.39 is 9.29 Å². The maximum absolute atomic E-state index is 12.2. The number of carbonyl (C=O) groups excluding carboxylic acids is 3. The molecule has 9 heteroatoms. The molecule has 1 aromatic carbocycles. The second-order valence-electron chi connectivity index (χ2n) is 5.59. The van der Waals surface area contributed by atoms with Crippen molar-refractivity contribution in [2.45, 2.75) is 35.0 Å². The van der Waals surface area contributed by atoms with E-state index >= 15 is 0 Å². The van der Waals surface area contributed by atoms with Crippen LogP contribution >= 0.6 is 46.4 Å². The van der Waals surface area contributed by atoms with Gasteiger partial charge in [-0.15, -0.1) is 0 Å². The molecule has 0 aromatic heterocycles. The summed E-state index contributed by atoms with van der Waals surface area (Å²) >= 11 is 22.4. The van der Waals surface area contributed by atoms with Crippen LogP contribution in [-0.2, 0) is 4.79 Å². The molecule has 0 saturated heterocycles. The molecule has 2 rings (SSSR count). The lowest BCUT2D eigenvalue weighted by Gasteiger charge is -2.19. The van der Waals surface area contributed by atoms with Crippen molar-refractivity contribution in [3.05, 3.63) is 35.4 Å². The first kappa shape index (κ1) is 20.3. The van der Waals surface area contributed by atoms with Crippen molar-refractivity contribution in [1.29, 1.82) is 0 Å². The molecule has 1 aliphatic heterocycles. The van der Waals surface area contributed by atoms with E-state index in [0.29, 0.717) is 36.9 Å². The lowest BCUT2D eigenvalue weighted by atomic mass is 10.1. The number of nitrogens with one attached hydrogen (secondary N) is 1. The fourth-order valence-electron chi connectivity index (χ4n) is 2.47. The average molecular weight is 426 g/mol. The van der Waals surface area contributed by atoms with E-state index in [9.17, 15) is 14.4 Å². The first-order valence-corrected chi connectivity index (χ1v) is 9.24. The van der Waals surface area contributed by atoms with Gasteiger partial charge in [0, 0.05) is 13.0 Å². The minimum absolute atomic E-state index is 0.214. The van der Waals surface area contributed by atoms with Crippen molar-refractivity contribution in [1.82, 2.24) is 10.2 Å². The monoisotopic (exact) mass is 424 g/mol. The second kappa shape index (κ2) is 8.58. The Kier molecular flexibility index (Phi) is 6.97. The van der Waals surface area contributed by atoms with Gasteiger partial charge in [0.25, 0.3) is 11.8 Å². The van der Waals surface area contributed by atoms with Gasteiger partial charge in [-0.2, -0.15) is 0 Å². The molecule has 0 spiro atoms. The molecule has 0 unspecified atom stereocenters. The normalized spacial score (nSPS) is 15.3. The fraction of sp³-hybridized carbons (Fsp3) is 0.438. The van der Waals surface area contributed by atoms with E-state index in [-0.39, 0.29) is 24.1 Å². The molecule has 0 radical (unpaired) electrons. The molecule has 1 atom stereocenters. The zero-order valence-electron chi connectivity index (χ0n) is 13.1. The molecule has 0 bridgehead atoms. The Hall–Kier alpha value is -1.01. The van der Waals surface area contributed by atoms with Crippen LogP contribution in [0.1, 0.15) is 46.4 Å². The van der Waals surface area contributed by atoms with Crippen LogP contribution in [0.15, 0.2) is 24.3 Å². The Morgan fingerprint density at radius 3 is 2.12 bits per heavy atom. The van der Waals surface area contributed by atoms with E-state index in [2.05, 4.69) is 5.32 Å². The number of hydrogen-bond acceptors (Lipinski definition) is 3. The third-order valence-electron chi connectivity index (χ3n) is 3.74. The standard InChI is InChI=1S/C16H16Cl4N2O3/c17-15(16(18,19)20)21-12(23)8-2-1-5-9-22-13(24)10-6-3-4-7-11(10)14(22)25/h3-4,6-7,15H,1-2,5,8-9H2,(H,21,23)/t15-/m1/s1. The van der Waals surface area contributed by atoms with Gasteiger partial charge < -0.3 is 5.32 Å². The van der Waals surface area contributed by atoms with Crippen molar-refractivity contribution in [3.8, 4) is 0 Å². The van der Waals surface area contributed by atoms with Crippen molar-refractivity contribution < 1.29 is 14.4 Å². The summed E-state index contributed by atoms with van der Waals surface area (Å²) in [5, 5.41) is 2.39. The Morgan fingerprint density at radius 2 is 1.60 bits per heavy atom. The molecular formula is C16H16Cl4N2O3. The summed E-state index contributed by atoms with van der Waals surface area (Å²) < 4.78 is -1.78. The van der Waals surface area contributed by atoms with Gasteiger partial charge in [-0.05, 0) is 25.0 Å². The highest BCUT2D eigenvalue weighted by atomic mass is 35.6. The topological polar surface area (TPSA) is 66.5 Å². The van der Waals surface area contributed by atoms with Crippen LogP contribution in [0, 0.1) is 0 Å². The average Bonchev–Trinajstić information content (AvgIpc) is 2.78. The largest absolute Gasteiger partial charge is 0.336 e. The van der Waals surface area contributed by atoms with Crippen LogP contribution in [0.5, 0.6) is 0 Å². The predicted octanol–water partition coefficient (Wildman–Crippen LogP) is 3.89. The van der Waals surface area contributed by atoms with E-state index in [1.54, 1.807) is 24.3 Å². The van der Waals surface area contributed by atoms with Gasteiger partial charge in [0.05, 0.1) is 11.1 Å². The molecular weight excluding hydrogens is 410 g/mol. The van der Waals surface area contributed by atoms with Crippen LogP contribution in [0.3, 0.4) is 0 Å². The minimum Gasteiger partial charge on any atom is -0.336 e. The summed E-state index contributed by atoms with van der Waals surface area (Å²) in [6.45, 7) is 0.320. The third-order valence-corrected chi connectivity index (χ3v) is 5.17. The summed E-state index contributed by atoms with van der Waals surface area (Å²) in [6, 6.07) is 6.75. The van der Waals surface area contributed by atoms with Crippen molar-refractivity contribution >= 4 is 64.1 Å². The molecule has 25 heavy (non-hydrogen) atoms. The summed E-state index contributed by atoms with van der Waals surface area (Å²) in [5.74, 6) is -0.871. The molecule has 1 aromatic rings. The van der Waals surface area contributed by atoms with Crippen LogP contribution in [-0.4, -0.2) is 38.5 Å². The minimum atomic E-state index is -1.78. The van der Waals surface area contributed by atoms with Crippen LogP contribution in [0.2, 0.25) is 0 Å². The molecule has 1 aliphatic rings. The highest BCUT2D eigenvalue weighted by molar-refractivity contribution is 6.70. The number of hydrogen-bond donors (Lipinski definition) is 1. The first-order valence-electron chi connectivity index (χ1n) is 7.67. The van der Waals surface area contributed by atoms with Gasteiger partial charge in [0.2, 0.25) is 9.70 Å². The lowest BCUT2D eigenvalue weighted by molar-refractivity contribution is -0.121. The zero-order valence-corrected chi connectivity index (χ0v) is 16.1. The number of nitrogens with zero attached hydrogens (tertiary/aromatic N) is 1. The summed E-state index contributed by atoms with van der Waals surface area (Å²) in [5.41, 5.74) is -0.234. The van der Waals surface area contributed by atoms with Crippen LogP contribution in [0.25, 0.3) is 0 Å². The molecule has 0 saturated carbocycles. The molecule has 136 valence electrons. The van der Waals surface area contributed by atoms with E-state index in [1.807, 2.05) is 0 Å². The molecule has 0 fully saturated rings. The summed E-state index contributed by atoms with van der Waals surface area (Å²) in [7, 11) is 0. The second-order valence-corrected chi connectivity index (χ2v) is 8.40. The Bertz CT molecular complexity index is 641. The van der Waals surface area contributed by atoms with E-state index in [0.717, 1.165) is 0 Å². The number of amides is 3. The number of fused-ring (bicyclic) bond motifs is 1. The van der Waals surface area contributed by atoms with E-state index in [4.69, 9.17) is 46.4 Å². The Balaban J connectivity index is 1.70. The van der Waals surface area contributed by atoms with Crippen molar-refractivity contribution in [2.75, 3.05) is 6.54 Å². The highest BCUT2D eigenvalue weighted by Crippen LogP contribution is 2.32. The fourth-order valence-corrected chi connectivity index (χ4v) is 2.76. The van der Waals surface area contributed by atoms with Gasteiger partial charge in [-0.3, -0.25) is 19.3 Å². The number of carbonyl (C=O) groups is 3. The SMILES string of the molecule is O=C(CCCCCN1C(=O)c2ccccc2C1=O)N[C@@H](Cl)C(Cl)(Cl)Cl. The first-order chi connectivity index (χ1) is 11.7. The molecule has 1 heterocycles. The maximum atomic E-state index is 12.2. The predicted molar refractivity (Wildman–Crippen MR) is 98.4 cm³/mol. The number of rotatable bonds is 7. The van der Waals surface area contributed by atoms with Crippen LogP contribution < -0.4 is 5.32 Å². The zero-order chi connectivity index (χ0) is 18.6. The van der Waals surface area contributed by atoms with Crippen LogP contribution in [0.4, 0.5) is 0 Å². The smallest absolute Gasteiger partial charge is 0.261 e.